The van der Waals surface area contributed by atoms with Crippen molar-refractivity contribution in [2.45, 2.75) is 26.9 Å². The van der Waals surface area contributed by atoms with Crippen molar-refractivity contribution in [2.24, 2.45) is 0 Å². The van der Waals surface area contributed by atoms with E-state index < -0.39 is 0 Å². The van der Waals surface area contributed by atoms with Crippen LogP contribution in [0.1, 0.15) is 38.2 Å². The van der Waals surface area contributed by atoms with Gasteiger partial charge >= 0.3 is 0 Å². The summed E-state index contributed by atoms with van der Waals surface area (Å²) in [6.45, 7) is 5.69. The van der Waals surface area contributed by atoms with Gasteiger partial charge in [0.05, 0.1) is 11.1 Å². The monoisotopic (exact) mass is 431 g/mol. The number of Topliss-reactive ketones (excluding diaryl/α,β-unsaturated/α-hetero) is 1. The van der Waals surface area contributed by atoms with Crippen molar-refractivity contribution in [1.29, 1.82) is 0 Å². The molecule has 0 fully saturated rings. The Labute approximate surface area is 186 Å². The summed E-state index contributed by atoms with van der Waals surface area (Å²) in [5.74, 6) is 1.65. The van der Waals surface area contributed by atoms with Crippen LogP contribution in [0.5, 0.6) is 11.5 Å². The lowest BCUT2D eigenvalue weighted by Gasteiger charge is -2.30. The fourth-order valence-electron chi connectivity index (χ4n) is 4.06. The quantitative estimate of drug-likeness (QED) is 0.482. The van der Waals surface area contributed by atoms with Crippen molar-refractivity contribution in [3.05, 3.63) is 98.8 Å². The van der Waals surface area contributed by atoms with Gasteiger partial charge in [-0.25, -0.2) is 0 Å². The van der Waals surface area contributed by atoms with Gasteiger partial charge in [0, 0.05) is 18.1 Å². The molecule has 2 aliphatic rings. The zero-order valence-corrected chi connectivity index (χ0v) is 18.2. The molecule has 5 heteroatoms. The van der Waals surface area contributed by atoms with Crippen molar-refractivity contribution < 1.29 is 14.3 Å². The van der Waals surface area contributed by atoms with Gasteiger partial charge < -0.3 is 9.47 Å². The Kier molecular flexibility index (Phi) is 5.05. The van der Waals surface area contributed by atoms with E-state index in [1.807, 2.05) is 68.4 Å². The Hall–Kier alpha value is -3.08. The Morgan fingerprint density at radius 1 is 1.10 bits per heavy atom. The summed E-state index contributed by atoms with van der Waals surface area (Å²) in [6, 6.07) is 17.8. The summed E-state index contributed by atoms with van der Waals surface area (Å²) in [5.41, 5.74) is 5.54. The van der Waals surface area contributed by atoms with Crippen LogP contribution in [0.25, 0.3) is 6.08 Å². The highest BCUT2D eigenvalue weighted by Crippen LogP contribution is 2.44. The first-order valence-electron chi connectivity index (χ1n) is 10.3. The van der Waals surface area contributed by atoms with Crippen LogP contribution in [0, 0.1) is 13.8 Å². The van der Waals surface area contributed by atoms with Gasteiger partial charge in [0.15, 0.2) is 5.76 Å². The molecule has 3 aromatic rings. The smallest absolute Gasteiger partial charge is 0.232 e. The van der Waals surface area contributed by atoms with E-state index >= 15 is 0 Å². The van der Waals surface area contributed by atoms with Gasteiger partial charge in [-0.3, -0.25) is 9.69 Å². The Bertz CT molecular complexity index is 1210. The minimum atomic E-state index is -0.0842. The molecule has 0 saturated carbocycles. The minimum absolute atomic E-state index is 0.0842. The predicted octanol–water partition coefficient (Wildman–Crippen LogP) is 5.93. The van der Waals surface area contributed by atoms with Crippen LogP contribution in [0.3, 0.4) is 0 Å². The summed E-state index contributed by atoms with van der Waals surface area (Å²) in [5, 5.41) is 0.733. The van der Waals surface area contributed by atoms with Gasteiger partial charge in [0.1, 0.15) is 18.2 Å². The SMILES string of the molecule is Cc1ccc(/C=C2\Oc3c4c(cc(C)c3C2=O)OCN(Cc2ccccc2Cl)C4)cc1. The molecule has 3 aromatic carbocycles. The Balaban J connectivity index is 1.47. The molecule has 2 heterocycles. The van der Waals surface area contributed by atoms with Gasteiger partial charge in [-0.2, -0.15) is 0 Å². The normalized spacial score (nSPS) is 16.6. The lowest BCUT2D eigenvalue weighted by molar-refractivity contribution is 0.0872. The number of hydrogen-bond acceptors (Lipinski definition) is 4. The van der Waals surface area contributed by atoms with Crippen LogP contribution < -0.4 is 9.47 Å². The molecule has 31 heavy (non-hydrogen) atoms. The van der Waals surface area contributed by atoms with E-state index in [1.54, 1.807) is 6.08 Å². The third kappa shape index (κ3) is 3.73. The number of hydrogen-bond donors (Lipinski definition) is 0. The molecule has 0 bridgehead atoms. The second-order valence-electron chi connectivity index (χ2n) is 8.08. The molecule has 2 aliphatic heterocycles. The van der Waals surface area contributed by atoms with Crippen molar-refractivity contribution in [1.82, 2.24) is 4.90 Å². The first-order valence-corrected chi connectivity index (χ1v) is 10.6. The molecule has 5 rings (SSSR count). The summed E-state index contributed by atoms with van der Waals surface area (Å²) in [4.78, 5) is 15.3. The highest BCUT2D eigenvalue weighted by atomic mass is 35.5. The van der Waals surface area contributed by atoms with Gasteiger partial charge in [-0.05, 0) is 48.7 Å². The molecule has 0 N–H and O–H groups in total. The van der Waals surface area contributed by atoms with E-state index in [1.165, 1.54) is 5.56 Å². The maximum atomic E-state index is 13.1. The molecule has 0 saturated heterocycles. The zero-order chi connectivity index (χ0) is 21.5. The van der Waals surface area contributed by atoms with Gasteiger partial charge in [0.2, 0.25) is 5.78 Å². The van der Waals surface area contributed by atoms with Crippen LogP contribution in [0.15, 0.2) is 60.4 Å². The molecular weight excluding hydrogens is 410 g/mol. The number of ketones is 1. The fraction of sp³-hybridized carbons (Fsp3) is 0.192. The molecule has 0 aromatic heterocycles. The molecule has 0 spiro atoms. The number of fused-ring (bicyclic) bond motifs is 3. The van der Waals surface area contributed by atoms with Crippen molar-refractivity contribution in [2.75, 3.05) is 6.73 Å². The number of allylic oxidation sites excluding steroid dienone is 1. The highest BCUT2D eigenvalue weighted by molar-refractivity contribution is 6.31. The number of benzene rings is 3. The lowest BCUT2D eigenvalue weighted by Crippen LogP contribution is -2.32. The standard InChI is InChI=1S/C26H22ClNO3/c1-16-7-9-18(10-8-16)12-23-25(29)24-17(2)11-22-20(26(24)31-23)14-28(15-30-22)13-19-5-3-4-6-21(19)27/h3-12H,13-15H2,1-2H3/b23-12-. The molecule has 0 amide bonds. The molecule has 0 radical (unpaired) electrons. The van der Waals surface area contributed by atoms with Crippen LogP contribution in [-0.4, -0.2) is 17.4 Å². The maximum absolute atomic E-state index is 13.1. The largest absolute Gasteiger partial charge is 0.478 e. The number of nitrogens with zero attached hydrogens (tertiary/aromatic N) is 1. The van der Waals surface area contributed by atoms with Crippen LogP contribution in [0.4, 0.5) is 0 Å². The van der Waals surface area contributed by atoms with E-state index in [2.05, 4.69) is 4.90 Å². The first kappa shape index (κ1) is 19.9. The van der Waals surface area contributed by atoms with E-state index in [4.69, 9.17) is 21.1 Å². The fourth-order valence-corrected chi connectivity index (χ4v) is 4.25. The number of carbonyl (C=O) groups is 1. The van der Waals surface area contributed by atoms with Crippen LogP contribution in [-0.2, 0) is 13.1 Å². The van der Waals surface area contributed by atoms with E-state index in [0.29, 0.717) is 36.9 Å². The average molecular weight is 432 g/mol. The van der Waals surface area contributed by atoms with Crippen molar-refractivity contribution in [3.8, 4) is 11.5 Å². The molecule has 0 atom stereocenters. The Morgan fingerprint density at radius 3 is 2.65 bits per heavy atom. The van der Waals surface area contributed by atoms with Crippen LogP contribution >= 0.6 is 11.6 Å². The third-order valence-electron chi connectivity index (χ3n) is 5.71. The van der Waals surface area contributed by atoms with E-state index in [0.717, 1.165) is 33.0 Å². The van der Waals surface area contributed by atoms with Gasteiger partial charge in [0.25, 0.3) is 0 Å². The third-order valence-corrected chi connectivity index (χ3v) is 6.08. The van der Waals surface area contributed by atoms with E-state index in [9.17, 15) is 4.79 Å². The summed E-state index contributed by atoms with van der Waals surface area (Å²) >= 11 is 6.34. The molecule has 156 valence electrons. The van der Waals surface area contributed by atoms with Gasteiger partial charge in [-0.1, -0.05) is 59.6 Å². The second kappa shape index (κ2) is 7.88. The lowest BCUT2D eigenvalue weighted by atomic mass is 9.98. The summed E-state index contributed by atoms with van der Waals surface area (Å²) in [6.07, 6.45) is 1.80. The molecule has 4 nitrogen and oxygen atoms in total. The maximum Gasteiger partial charge on any atom is 0.232 e. The molecular formula is C26H22ClNO3. The van der Waals surface area contributed by atoms with Crippen LogP contribution in [0.2, 0.25) is 5.02 Å². The van der Waals surface area contributed by atoms with Gasteiger partial charge in [-0.15, -0.1) is 0 Å². The number of halogens is 1. The summed E-state index contributed by atoms with van der Waals surface area (Å²) < 4.78 is 12.2. The first-order chi connectivity index (χ1) is 15.0. The zero-order valence-electron chi connectivity index (χ0n) is 17.4. The average Bonchev–Trinajstić information content (AvgIpc) is 3.09. The second-order valence-corrected chi connectivity index (χ2v) is 8.48. The highest BCUT2D eigenvalue weighted by Gasteiger charge is 2.35. The molecule has 0 unspecified atom stereocenters. The van der Waals surface area contributed by atoms with E-state index in [-0.39, 0.29) is 5.78 Å². The minimum Gasteiger partial charge on any atom is -0.478 e. The predicted molar refractivity (Wildman–Crippen MR) is 121 cm³/mol. The number of rotatable bonds is 3. The number of carbonyl (C=O) groups excluding carboxylic acids is 1. The van der Waals surface area contributed by atoms with Crippen molar-refractivity contribution >= 4 is 23.5 Å². The number of aryl methyl sites for hydroxylation is 2. The molecule has 0 aliphatic carbocycles. The van der Waals surface area contributed by atoms with Crippen molar-refractivity contribution in [3.63, 3.8) is 0 Å². The topological polar surface area (TPSA) is 38.8 Å². The Morgan fingerprint density at radius 2 is 1.87 bits per heavy atom. The summed E-state index contributed by atoms with van der Waals surface area (Å²) in [7, 11) is 0. The number of ether oxygens (including phenoxy) is 2.